The minimum Gasteiger partial charge on any atom is -0.490 e. The van der Waals surface area contributed by atoms with Crippen LogP contribution in [0.3, 0.4) is 0 Å². The first-order chi connectivity index (χ1) is 12.0. The molecule has 1 aromatic carbocycles. The van der Waals surface area contributed by atoms with Crippen molar-refractivity contribution in [2.75, 3.05) is 13.2 Å². The van der Waals surface area contributed by atoms with Gasteiger partial charge < -0.3 is 9.47 Å². The molecule has 0 aliphatic carbocycles. The highest BCUT2D eigenvalue weighted by molar-refractivity contribution is 9.10. The van der Waals surface area contributed by atoms with E-state index in [4.69, 9.17) is 9.47 Å². The number of nitrogens with zero attached hydrogens (tertiary/aromatic N) is 4. The monoisotopic (exact) mass is 404 g/mol. The fourth-order valence-corrected chi connectivity index (χ4v) is 2.72. The minimum absolute atomic E-state index is 0.138. The van der Waals surface area contributed by atoms with E-state index in [0.29, 0.717) is 12.4 Å². The molecule has 7 nitrogen and oxygen atoms in total. The molecule has 0 radical (unpaired) electrons. The van der Waals surface area contributed by atoms with Crippen molar-refractivity contribution in [2.45, 2.75) is 20.3 Å². The van der Waals surface area contributed by atoms with E-state index in [1.165, 1.54) is 6.33 Å². The zero-order valence-corrected chi connectivity index (χ0v) is 15.5. The lowest BCUT2D eigenvalue weighted by atomic mass is 10.1. The van der Waals surface area contributed by atoms with Crippen LogP contribution in [0.5, 0.6) is 5.75 Å². The third kappa shape index (κ3) is 4.14. The van der Waals surface area contributed by atoms with Crippen LogP contribution in [0.25, 0.3) is 5.78 Å². The number of benzene rings is 1. The van der Waals surface area contributed by atoms with Gasteiger partial charge in [0, 0.05) is 21.4 Å². The van der Waals surface area contributed by atoms with E-state index in [2.05, 4.69) is 31.0 Å². The standard InChI is InChI=1S/C17H17BrN4O3/c1-11-15(12(2)22-17(21-11)19-10-20-22)9-16(23)25-8-7-24-14-5-3-13(18)4-6-14/h3-6,10H,7-9H2,1-2H3. The molecule has 8 heteroatoms. The molecule has 2 aromatic heterocycles. The van der Waals surface area contributed by atoms with Crippen LogP contribution < -0.4 is 4.74 Å². The van der Waals surface area contributed by atoms with Crippen LogP contribution in [0.4, 0.5) is 0 Å². The molecule has 0 bridgehead atoms. The molecule has 0 saturated carbocycles. The highest BCUT2D eigenvalue weighted by atomic mass is 79.9. The van der Waals surface area contributed by atoms with Gasteiger partial charge in [-0.15, -0.1) is 0 Å². The van der Waals surface area contributed by atoms with Crippen molar-refractivity contribution in [1.82, 2.24) is 19.6 Å². The zero-order valence-electron chi connectivity index (χ0n) is 13.9. The summed E-state index contributed by atoms with van der Waals surface area (Å²) in [7, 11) is 0. The summed E-state index contributed by atoms with van der Waals surface area (Å²) >= 11 is 3.36. The number of aromatic nitrogens is 4. The topological polar surface area (TPSA) is 78.6 Å². The summed E-state index contributed by atoms with van der Waals surface area (Å²) in [5, 5.41) is 4.11. The van der Waals surface area contributed by atoms with Crippen LogP contribution >= 0.6 is 15.9 Å². The number of carbonyl (C=O) groups excluding carboxylic acids is 1. The molecule has 0 N–H and O–H groups in total. The number of fused-ring (bicyclic) bond motifs is 1. The molecule has 0 amide bonds. The van der Waals surface area contributed by atoms with Crippen LogP contribution in [0.15, 0.2) is 35.1 Å². The summed E-state index contributed by atoms with van der Waals surface area (Å²) in [6.45, 7) is 4.22. The van der Waals surface area contributed by atoms with Crippen molar-refractivity contribution in [2.24, 2.45) is 0 Å². The Balaban J connectivity index is 1.53. The average Bonchev–Trinajstić information content (AvgIpc) is 3.05. The highest BCUT2D eigenvalue weighted by Gasteiger charge is 2.15. The lowest BCUT2D eigenvalue weighted by molar-refractivity contribution is -0.143. The molecule has 0 spiro atoms. The number of ether oxygens (including phenoxy) is 2. The minimum atomic E-state index is -0.327. The van der Waals surface area contributed by atoms with Crippen molar-refractivity contribution in [1.29, 1.82) is 0 Å². The van der Waals surface area contributed by atoms with Crippen LogP contribution in [0.1, 0.15) is 17.0 Å². The number of esters is 1. The average molecular weight is 405 g/mol. The highest BCUT2D eigenvalue weighted by Crippen LogP contribution is 2.16. The Bertz CT molecular complexity index is 893. The van der Waals surface area contributed by atoms with E-state index in [9.17, 15) is 4.79 Å². The summed E-state index contributed by atoms with van der Waals surface area (Å²) in [5.41, 5.74) is 2.39. The molecule has 3 rings (SSSR count). The fourth-order valence-electron chi connectivity index (χ4n) is 2.45. The summed E-state index contributed by atoms with van der Waals surface area (Å²) in [4.78, 5) is 20.5. The van der Waals surface area contributed by atoms with Crippen molar-refractivity contribution in [3.63, 3.8) is 0 Å². The van der Waals surface area contributed by atoms with E-state index >= 15 is 0 Å². The van der Waals surface area contributed by atoms with Crippen molar-refractivity contribution in [3.8, 4) is 5.75 Å². The van der Waals surface area contributed by atoms with Gasteiger partial charge in [-0.3, -0.25) is 4.79 Å². The summed E-state index contributed by atoms with van der Waals surface area (Å²) in [6.07, 6.45) is 1.58. The predicted molar refractivity (Wildman–Crippen MR) is 94.6 cm³/mol. The van der Waals surface area contributed by atoms with Crippen molar-refractivity contribution >= 4 is 27.7 Å². The Morgan fingerprint density at radius 2 is 1.96 bits per heavy atom. The van der Waals surface area contributed by atoms with E-state index < -0.39 is 0 Å². The maximum atomic E-state index is 12.1. The van der Waals surface area contributed by atoms with Gasteiger partial charge in [0.05, 0.1) is 6.42 Å². The van der Waals surface area contributed by atoms with E-state index in [-0.39, 0.29) is 19.0 Å². The number of hydrogen-bond acceptors (Lipinski definition) is 6. The molecular formula is C17H17BrN4O3. The SMILES string of the molecule is Cc1nc2ncnn2c(C)c1CC(=O)OCCOc1ccc(Br)cc1. The smallest absolute Gasteiger partial charge is 0.310 e. The molecule has 0 saturated heterocycles. The van der Waals surface area contributed by atoms with Crippen LogP contribution in [0.2, 0.25) is 0 Å². The van der Waals surface area contributed by atoms with Gasteiger partial charge in [0.2, 0.25) is 0 Å². The van der Waals surface area contributed by atoms with Crippen LogP contribution in [-0.2, 0) is 16.0 Å². The Morgan fingerprint density at radius 3 is 2.72 bits per heavy atom. The molecule has 25 heavy (non-hydrogen) atoms. The number of aryl methyl sites for hydroxylation is 2. The Hall–Kier alpha value is -2.48. The largest absolute Gasteiger partial charge is 0.490 e. The molecule has 130 valence electrons. The second-order valence-corrected chi connectivity index (χ2v) is 6.35. The second-order valence-electron chi connectivity index (χ2n) is 5.43. The summed E-state index contributed by atoms with van der Waals surface area (Å²) in [6, 6.07) is 7.47. The normalized spacial score (nSPS) is 10.8. The Labute approximate surface area is 153 Å². The summed E-state index contributed by atoms with van der Waals surface area (Å²) < 4.78 is 13.4. The number of carbonyl (C=O) groups is 1. The Kier molecular flexibility index (Phi) is 5.28. The van der Waals surface area contributed by atoms with Gasteiger partial charge in [-0.2, -0.15) is 10.1 Å². The zero-order chi connectivity index (χ0) is 17.8. The van der Waals surface area contributed by atoms with Gasteiger partial charge in [0.25, 0.3) is 5.78 Å². The molecule has 0 fully saturated rings. The number of hydrogen-bond donors (Lipinski definition) is 0. The Morgan fingerprint density at radius 1 is 1.20 bits per heavy atom. The van der Waals surface area contributed by atoms with E-state index in [1.54, 1.807) is 4.52 Å². The van der Waals surface area contributed by atoms with Gasteiger partial charge in [0.1, 0.15) is 25.3 Å². The molecule has 0 atom stereocenters. The van der Waals surface area contributed by atoms with Gasteiger partial charge in [0.15, 0.2) is 0 Å². The molecule has 0 aliphatic heterocycles. The van der Waals surface area contributed by atoms with Crippen LogP contribution in [-0.4, -0.2) is 38.8 Å². The predicted octanol–water partition coefficient (Wildman–Crippen LogP) is 2.67. The van der Waals surface area contributed by atoms with Gasteiger partial charge in [-0.05, 0) is 38.1 Å². The molecule has 2 heterocycles. The lowest BCUT2D eigenvalue weighted by Gasteiger charge is -2.11. The third-order valence-electron chi connectivity index (χ3n) is 3.74. The van der Waals surface area contributed by atoms with Crippen LogP contribution in [0, 0.1) is 13.8 Å². The second kappa shape index (κ2) is 7.60. The van der Waals surface area contributed by atoms with E-state index in [1.807, 2.05) is 38.1 Å². The fraction of sp³-hybridized carbons (Fsp3) is 0.294. The molecular weight excluding hydrogens is 388 g/mol. The quantitative estimate of drug-likeness (QED) is 0.464. The van der Waals surface area contributed by atoms with Crippen molar-refractivity contribution in [3.05, 3.63) is 52.0 Å². The van der Waals surface area contributed by atoms with Gasteiger partial charge in [-0.1, -0.05) is 15.9 Å². The van der Waals surface area contributed by atoms with Gasteiger partial charge in [-0.25, -0.2) is 9.50 Å². The molecule has 3 aromatic rings. The van der Waals surface area contributed by atoms with Gasteiger partial charge >= 0.3 is 5.97 Å². The number of rotatable bonds is 6. The summed E-state index contributed by atoms with van der Waals surface area (Å²) in [5.74, 6) is 0.925. The first-order valence-corrected chi connectivity index (χ1v) is 8.53. The maximum absolute atomic E-state index is 12.1. The lowest BCUT2D eigenvalue weighted by Crippen LogP contribution is -2.16. The van der Waals surface area contributed by atoms with Crippen molar-refractivity contribution < 1.29 is 14.3 Å². The number of halogens is 1. The first kappa shape index (κ1) is 17.3. The molecule has 0 aliphatic rings. The third-order valence-corrected chi connectivity index (χ3v) is 4.27. The van der Waals surface area contributed by atoms with E-state index in [0.717, 1.165) is 27.2 Å². The first-order valence-electron chi connectivity index (χ1n) is 7.74. The molecule has 0 unspecified atom stereocenters. The maximum Gasteiger partial charge on any atom is 0.310 e.